The first-order valence-corrected chi connectivity index (χ1v) is 12.6. The lowest BCUT2D eigenvalue weighted by atomic mass is 10.0. The van der Waals surface area contributed by atoms with Crippen LogP contribution in [0.5, 0.6) is 5.75 Å². The first-order chi connectivity index (χ1) is 19.9. The zero-order valence-electron chi connectivity index (χ0n) is 22.2. The van der Waals surface area contributed by atoms with Gasteiger partial charge in [0.05, 0.1) is 7.11 Å². The predicted octanol–water partition coefficient (Wildman–Crippen LogP) is 4.44. The second-order valence-corrected chi connectivity index (χ2v) is 8.79. The third-order valence-corrected chi connectivity index (χ3v) is 5.91. The highest BCUT2D eigenvalue weighted by molar-refractivity contribution is 5.88. The molecule has 1 atom stereocenters. The van der Waals surface area contributed by atoms with Gasteiger partial charge in [-0.25, -0.2) is 19.2 Å². The molecule has 212 valence electrons. The molecule has 1 amide bonds. The van der Waals surface area contributed by atoms with Crippen molar-refractivity contribution >= 4 is 35.1 Å². The summed E-state index contributed by atoms with van der Waals surface area (Å²) < 4.78 is 25.3. The van der Waals surface area contributed by atoms with Crippen molar-refractivity contribution in [1.82, 2.24) is 10.3 Å². The van der Waals surface area contributed by atoms with Gasteiger partial charge in [-0.2, -0.15) is 0 Å². The molecule has 11 nitrogen and oxygen atoms in total. The third-order valence-electron chi connectivity index (χ3n) is 5.91. The molecule has 0 aliphatic rings. The van der Waals surface area contributed by atoms with E-state index in [0.29, 0.717) is 16.5 Å². The predicted molar refractivity (Wildman–Crippen MR) is 146 cm³/mol. The van der Waals surface area contributed by atoms with E-state index in [-0.39, 0.29) is 25.4 Å². The number of hydrogen-bond acceptors (Lipinski definition) is 9. The molecule has 1 aromatic heterocycles. The maximum atomic E-state index is 12.8. The number of aromatic amines is 1. The first-order valence-electron chi connectivity index (χ1n) is 12.6. The Morgan fingerprint density at radius 2 is 1.49 bits per heavy atom. The average Bonchev–Trinajstić information content (AvgIpc) is 3.40. The van der Waals surface area contributed by atoms with Gasteiger partial charge in [-0.1, -0.05) is 60.7 Å². The SMILES string of the molecule is COC(=O)COC(=O)C(Cc1c[nH]c2ccc(OC(=O)OCc3ccccc3)cc12)NC(=O)OCc1ccccc1. The third kappa shape index (κ3) is 8.59. The number of fused-ring (bicyclic) bond motifs is 1. The Morgan fingerprint density at radius 3 is 2.15 bits per heavy atom. The van der Waals surface area contributed by atoms with Crippen molar-refractivity contribution < 1.29 is 42.9 Å². The van der Waals surface area contributed by atoms with Gasteiger partial charge in [0.15, 0.2) is 6.61 Å². The summed E-state index contributed by atoms with van der Waals surface area (Å²) in [6.07, 6.45) is -0.0986. The summed E-state index contributed by atoms with van der Waals surface area (Å²) in [6.45, 7) is -0.576. The number of rotatable bonds is 11. The van der Waals surface area contributed by atoms with Crippen molar-refractivity contribution in [2.75, 3.05) is 13.7 Å². The quantitative estimate of drug-likeness (QED) is 0.155. The summed E-state index contributed by atoms with van der Waals surface area (Å²) >= 11 is 0. The number of carbonyl (C=O) groups is 4. The molecule has 3 aromatic carbocycles. The van der Waals surface area contributed by atoms with Crippen LogP contribution in [0.4, 0.5) is 9.59 Å². The number of carbonyl (C=O) groups excluding carboxylic acids is 4. The number of H-pyrrole nitrogens is 1. The van der Waals surface area contributed by atoms with Gasteiger partial charge in [0.2, 0.25) is 0 Å². The lowest BCUT2D eigenvalue weighted by molar-refractivity contribution is -0.158. The molecule has 11 heteroatoms. The fourth-order valence-corrected chi connectivity index (χ4v) is 3.84. The number of aromatic nitrogens is 1. The van der Waals surface area contributed by atoms with Crippen LogP contribution in [0.15, 0.2) is 85.1 Å². The fourth-order valence-electron chi connectivity index (χ4n) is 3.84. The van der Waals surface area contributed by atoms with Crippen LogP contribution in [0.1, 0.15) is 16.7 Å². The number of methoxy groups -OCH3 is 1. The molecule has 2 N–H and O–H groups in total. The number of nitrogens with one attached hydrogen (secondary N) is 2. The van der Waals surface area contributed by atoms with E-state index in [9.17, 15) is 19.2 Å². The molecule has 1 unspecified atom stereocenters. The Balaban J connectivity index is 1.44. The monoisotopic (exact) mass is 560 g/mol. The van der Waals surface area contributed by atoms with E-state index < -0.39 is 36.8 Å². The molecule has 0 radical (unpaired) electrons. The van der Waals surface area contributed by atoms with Gasteiger partial charge in [0.25, 0.3) is 0 Å². The zero-order valence-corrected chi connectivity index (χ0v) is 22.2. The van der Waals surface area contributed by atoms with E-state index >= 15 is 0 Å². The minimum Gasteiger partial charge on any atom is -0.466 e. The van der Waals surface area contributed by atoms with Gasteiger partial charge < -0.3 is 34.0 Å². The van der Waals surface area contributed by atoms with Crippen molar-refractivity contribution in [3.05, 3.63) is 102 Å². The Bertz CT molecular complexity index is 1490. The highest BCUT2D eigenvalue weighted by Crippen LogP contribution is 2.25. The highest BCUT2D eigenvalue weighted by atomic mass is 16.7. The molecule has 41 heavy (non-hydrogen) atoms. The minimum absolute atomic E-state index is 0.00917. The smallest absolute Gasteiger partial charge is 0.466 e. The van der Waals surface area contributed by atoms with E-state index in [1.165, 1.54) is 0 Å². The van der Waals surface area contributed by atoms with Crippen LogP contribution in [0.2, 0.25) is 0 Å². The molecule has 0 aliphatic heterocycles. The number of amides is 1. The van der Waals surface area contributed by atoms with Crippen LogP contribution >= 0.6 is 0 Å². The molecule has 4 rings (SSSR count). The van der Waals surface area contributed by atoms with E-state index in [2.05, 4.69) is 15.0 Å². The van der Waals surface area contributed by atoms with Crippen molar-refractivity contribution in [3.8, 4) is 5.75 Å². The lowest BCUT2D eigenvalue weighted by Crippen LogP contribution is -2.44. The van der Waals surface area contributed by atoms with Crippen LogP contribution < -0.4 is 10.1 Å². The molecular weight excluding hydrogens is 532 g/mol. The van der Waals surface area contributed by atoms with Crippen molar-refractivity contribution in [2.24, 2.45) is 0 Å². The summed E-state index contributed by atoms with van der Waals surface area (Å²) in [5.41, 5.74) is 2.87. The summed E-state index contributed by atoms with van der Waals surface area (Å²) in [5.74, 6) is -1.40. The van der Waals surface area contributed by atoms with Crippen LogP contribution in [0.25, 0.3) is 10.9 Å². The van der Waals surface area contributed by atoms with Crippen molar-refractivity contribution in [3.63, 3.8) is 0 Å². The molecule has 0 bridgehead atoms. The molecule has 0 saturated heterocycles. The number of alkyl carbamates (subject to hydrolysis) is 1. The second kappa shape index (κ2) is 14.2. The Kier molecular flexibility index (Phi) is 9.92. The molecule has 0 saturated carbocycles. The molecule has 1 heterocycles. The zero-order chi connectivity index (χ0) is 29.0. The van der Waals surface area contributed by atoms with E-state index in [4.69, 9.17) is 18.9 Å². The van der Waals surface area contributed by atoms with E-state index in [0.717, 1.165) is 18.2 Å². The second-order valence-electron chi connectivity index (χ2n) is 8.79. The summed E-state index contributed by atoms with van der Waals surface area (Å²) in [5, 5.41) is 3.13. The first kappa shape index (κ1) is 28.7. The van der Waals surface area contributed by atoms with Gasteiger partial charge in [0.1, 0.15) is 25.0 Å². The van der Waals surface area contributed by atoms with E-state index in [1.807, 2.05) is 48.5 Å². The molecular formula is C30H28N2O9. The maximum absolute atomic E-state index is 12.8. The van der Waals surface area contributed by atoms with Gasteiger partial charge in [-0.05, 0) is 34.9 Å². The minimum atomic E-state index is -1.21. The number of esters is 2. The standard InChI is InChI=1S/C30H28N2O9/c1-37-27(33)19-38-28(34)26(32-29(35)39-17-20-8-4-2-5-9-20)14-22-16-31-25-13-12-23(15-24(22)25)41-30(36)40-18-21-10-6-3-7-11-21/h2-13,15-16,26,31H,14,17-19H2,1H3,(H,32,35). The van der Waals surface area contributed by atoms with Gasteiger partial charge in [-0.3, -0.25) is 0 Å². The van der Waals surface area contributed by atoms with Crippen LogP contribution in [0, 0.1) is 0 Å². The Labute approximate surface area is 235 Å². The van der Waals surface area contributed by atoms with Crippen LogP contribution in [0.3, 0.4) is 0 Å². The maximum Gasteiger partial charge on any atom is 0.514 e. The normalized spacial score (nSPS) is 11.2. The topological polar surface area (TPSA) is 142 Å². The molecule has 0 fully saturated rings. The summed E-state index contributed by atoms with van der Waals surface area (Å²) in [7, 11) is 1.16. The van der Waals surface area contributed by atoms with Gasteiger partial charge in [-0.15, -0.1) is 0 Å². The highest BCUT2D eigenvalue weighted by Gasteiger charge is 2.26. The number of hydrogen-bond donors (Lipinski definition) is 2. The lowest BCUT2D eigenvalue weighted by Gasteiger charge is -2.17. The fraction of sp³-hybridized carbons (Fsp3) is 0.200. The van der Waals surface area contributed by atoms with Crippen molar-refractivity contribution in [2.45, 2.75) is 25.7 Å². The van der Waals surface area contributed by atoms with E-state index in [1.54, 1.807) is 36.5 Å². The van der Waals surface area contributed by atoms with Crippen LogP contribution in [-0.2, 0) is 48.2 Å². The molecule has 0 spiro atoms. The Hall–Kier alpha value is -5.32. The van der Waals surface area contributed by atoms with Crippen LogP contribution in [-0.4, -0.2) is 48.9 Å². The molecule has 4 aromatic rings. The van der Waals surface area contributed by atoms with Gasteiger partial charge >= 0.3 is 24.2 Å². The summed E-state index contributed by atoms with van der Waals surface area (Å²) in [4.78, 5) is 52.2. The van der Waals surface area contributed by atoms with Crippen molar-refractivity contribution in [1.29, 1.82) is 0 Å². The Morgan fingerprint density at radius 1 is 0.829 bits per heavy atom. The number of ether oxygens (including phenoxy) is 5. The average molecular weight is 561 g/mol. The number of benzene rings is 3. The largest absolute Gasteiger partial charge is 0.514 e. The van der Waals surface area contributed by atoms with Gasteiger partial charge in [0, 0.05) is 23.5 Å². The molecule has 0 aliphatic carbocycles. The summed E-state index contributed by atoms with van der Waals surface area (Å²) in [6, 6.07) is 21.9.